The van der Waals surface area contributed by atoms with Gasteiger partial charge >= 0.3 is 5.97 Å². The Bertz CT molecular complexity index is 253. The zero-order valence-corrected chi connectivity index (χ0v) is 18.7. The molecular formula is C21H46O7. The molecule has 7 heteroatoms. The second-order valence-corrected chi connectivity index (χ2v) is 5.84. The number of hydrogen-bond acceptors (Lipinski definition) is 7. The van der Waals surface area contributed by atoms with Gasteiger partial charge in [-0.15, -0.1) is 0 Å². The average Bonchev–Trinajstić information content (AvgIpc) is 2.70. The third-order valence-corrected chi connectivity index (χ3v) is 3.25. The highest BCUT2D eigenvalue weighted by Crippen LogP contribution is 2.01. The Morgan fingerprint density at radius 2 is 1.18 bits per heavy atom. The number of carbonyl (C=O) groups is 1. The molecule has 0 aromatic carbocycles. The molecule has 172 valence electrons. The molecule has 7 nitrogen and oxygen atoms in total. The summed E-state index contributed by atoms with van der Waals surface area (Å²) < 4.78 is 19.6. The summed E-state index contributed by atoms with van der Waals surface area (Å²) in [6.07, 6.45) is 7.27. The highest BCUT2D eigenvalue weighted by Gasteiger charge is 2.00. The Morgan fingerprint density at radius 1 is 0.643 bits per heavy atom. The van der Waals surface area contributed by atoms with E-state index in [9.17, 15) is 4.79 Å². The number of unbranched alkanes of at least 4 members (excludes halogenated alkanes) is 4. The third-order valence-electron chi connectivity index (χ3n) is 3.25. The van der Waals surface area contributed by atoms with Crippen molar-refractivity contribution in [1.29, 1.82) is 0 Å². The topological polar surface area (TPSA) is 94.5 Å². The van der Waals surface area contributed by atoms with Gasteiger partial charge in [0.1, 0.15) is 0 Å². The largest absolute Gasteiger partial charge is 0.466 e. The first kappa shape index (κ1) is 31.9. The van der Waals surface area contributed by atoms with Crippen molar-refractivity contribution in [3.63, 3.8) is 0 Å². The quantitative estimate of drug-likeness (QED) is 0.280. The third kappa shape index (κ3) is 40.1. The van der Waals surface area contributed by atoms with E-state index in [1.807, 2.05) is 13.8 Å². The molecule has 28 heavy (non-hydrogen) atoms. The van der Waals surface area contributed by atoms with Crippen molar-refractivity contribution >= 4 is 5.97 Å². The normalized spacial score (nSPS) is 9.79. The molecule has 0 atom stereocenters. The van der Waals surface area contributed by atoms with Crippen molar-refractivity contribution in [1.82, 2.24) is 0 Å². The van der Waals surface area contributed by atoms with Crippen LogP contribution in [0.4, 0.5) is 0 Å². The van der Waals surface area contributed by atoms with Crippen LogP contribution in [0.25, 0.3) is 0 Å². The first-order chi connectivity index (χ1) is 13.6. The Kier molecular flexibility index (Phi) is 38.6. The first-order valence-corrected chi connectivity index (χ1v) is 10.7. The number of esters is 1. The lowest BCUT2D eigenvalue weighted by Crippen LogP contribution is -2.09. The number of aliphatic hydroxyl groups excluding tert-OH is 2. The van der Waals surface area contributed by atoms with E-state index in [2.05, 4.69) is 13.8 Å². The highest BCUT2D eigenvalue weighted by molar-refractivity contribution is 5.69. The van der Waals surface area contributed by atoms with Crippen molar-refractivity contribution in [3.05, 3.63) is 0 Å². The lowest BCUT2D eigenvalue weighted by Gasteiger charge is -2.03. The SMILES string of the molecule is CCCCCCOC(=O)CCCC.CCOCC.OCCOCCOCCO. The van der Waals surface area contributed by atoms with Gasteiger partial charge in [-0.3, -0.25) is 4.79 Å². The van der Waals surface area contributed by atoms with Crippen LogP contribution in [-0.4, -0.2) is 75.6 Å². The molecule has 0 rings (SSSR count). The molecule has 0 bridgehead atoms. The lowest BCUT2D eigenvalue weighted by molar-refractivity contribution is -0.143. The van der Waals surface area contributed by atoms with Gasteiger partial charge in [0.05, 0.1) is 46.2 Å². The number of hydrogen-bond donors (Lipinski definition) is 2. The Balaban J connectivity index is -0.000000368. The summed E-state index contributed by atoms with van der Waals surface area (Å²) in [7, 11) is 0. The lowest BCUT2D eigenvalue weighted by atomic mass is 10.2. The van der Waals surface area contributed by atoms with Crippen LogP contribution < -0.4 is 0 Å². The zero-order chi connectivity index (χ0) is 21.7. The van der Waals surface area contributed by atoms with Crippen LogP contribution in [0.15, 0.2) is 0 Å². The molecule has 0 fully saturated rings. The van der Waals surface area contributed by atoms with Crippen LogP contribution in [0, 0.1) is 0 Å². The van der Waals surface area contributed by atoms with Crippen molar-refractivity contribution < 1.29 is 34.0 Å². The maximum Gasteiger partial charge on any atom is 0.305 e. The summed E-state index contributed by atoms with van der Waals surface area (Å²) in [6, 6.07) is 0. The first-order valence-electron chi connectivity index (χ1n) is 10.7. The molecule has 0 amide bonds. The number of carbonyl (C=O) groups excluding carboxylic acids is 1. The van der Waals surface area contributed by atoms with Gasteiger partial charge < -0.3 is 29.2 Å². The summed E-state index contributed by atoms with van der Waals surface area (Å²) in [6.45, 7) is 12.3. The smallest absolute Gasteiger partial charge is 0.305 e. The molecular weight excluding hydrogens is 364 g/mol. The van der Waals surface area contributed by atoms with Gasteiger partial charge in [0, 0.05) is 19.6 Å². The van der Waals surface area contributed by atoms with Gasteiger partial charge in [-0.1, -0.05) is 39.5 Å². The molecule has 0 spiro atoms. The van der Waals surface area contributed by atoms with Gasteiger partial charge in [-0.2, -0.15) is 0 Å². The van der Waals surface area contributed by atoms with E-state index < -0.39 is 0 Å². The predicted octanol–water partition coefficient (Wildman–Crippen LogP) is 3.35. The van der Waals surface area contributed by atoms with E-state index in [4.69, 9.17) is 29.2 Å². The fraction of sp³-hybridized carbons (Fsp3) is 0.952. The van der Waals surface area contributed by atoms with Crippen LogP contribution in [0.2, 0.25) is 0 Å². The average molecular weight is 411 g/mol. The van der Waals surface area contributed by atoms with Gasteiger partial charge in [-0.25, -0.2) is 0 Å². The predicted molar refractivity (Wildman–Crippen MR) is 113 cm³/mol. The molecule has 0 unspecified atom stereocenters. The summed E-state index contributed by atoms with van der Waals surface area (Å²) in [5, 5.41) is 16.5. The van der Waals surface area contributed by atoms with Crippen molar-refractivity contribution in [2.75, 3.05) is 59.5 Å². The summed E-state index contributed by atoms with van der Waals surface area (Å²) >= 11 is 0. The Labute approximate surface area is 172 Å². The van der Waals surface area contributed by atoms with E-state index >= 15 is 0 Å². The number of rotatable bonds is 17. The molecule has 0 saturated carbocycles. The fourth-order valence-corrected chi connectivity index (χ4v) is 1.76. The maximum atomic E-state index is 11.0. The molecule has 0 radical (unpaired) electrons. The molecule has 0 aliphatic heterocycles. The van der Waals surface area contributed by atoms with E-state index in [0.717, 1.165) is 32.5 Å². The number of ether oxygens (including phenoxy) is 4. The zero-order valence-electron chi connectivity index (χ0n) is 18.7. The summed E-state index contributed by atoms with van der Waals surface area (Å²) in [5.74, 6) is -0.0293. The van der Waals surface area contributed by atoms with Crippen molar-refractivity contribution in [2.24, 2.45) is 0 Å². The van der Waals surface area contributed by atoms with Gasteiger partial charge in [-0.05, 0) is 26.7 Å². The van der Waals surface area contributed by atoms with Crippen LogP contribution in [0.3, 0.4) is 0 Å². The number of aliphatic hydroxyl groups is 2. The van der Waals surface area contributed by atoms with E-state index in [1.165, 1.54) is 19.3 Å². The monoisotopic (exact) mass is 410 g/mol. The molecule has 0 aromatic heterocycles. The maximum absolute atomic E-state index is 11.0. The van der Waals surface area contributed by atoms with E-state index in [0.29, 0.717) is 39.5 Å². The highest BCUT2D eigenvalue weighted by atomic mass is 16.5. The van der Waals surface area contributed by atoms with Gasteiger partial charge in [0.25, 0.3) is 0 Å². The second-order valence-electron chi connectivity index (χ2n) is 5.84. The summed E-state index contributed by atoms with van der Waals surface area (Å²) in [4.78, 5) is 11.0. The molecule has 0 aliphatic carbocycles. The van der Waals surface area contributed by atoms with Gasteiger partial charge in [0.15, 0.2) is 0 Å². The minimum atomic E-state index is -0.0293. The van der Waals surface area contributed by atoms with Gasteiger partial charge in [0.2, 0.25) is 0 Å². The van der Waals surface area contributed by atoms with Crippen LogP contribution >= 0.6 is 0 Å². The van der Waals surface area contributed by atoms with E-state index in [-0.39, 0.29) is 19.2 Å². The standard InChI is InChI=1S/C11H22O2.C6H14O4.C4H10O/c1-3-5-7-8-10-13-11(12)9-6-4-2;7-1-3-9-5-6-10-4-2-8;1-3-5-4-2/h3-10H2,1-2H3;7-8H,1-6H2;3-4H2,1-2H3. The molecule has 0 aromatic rings. The van der Waals surface area contributed by atoms with Crippen LogP contribution in [0.1, 0.15) is 72.6 Å². The van der Waals surface area contributed by atoms with Crippen molar-refractivity contribution in [2.45, 2.75) is 72.6 Å². The molecule has 0 heterocycles. The second kappa shape index (κ2) is 33.8. The Morgan fingerprint density at radius 3 is 1.57 bits per heavy atom. The molecule has 2 N–H and O–H groups in total. The molecule has 0 aliphatic rings. The van der Waals surface area contributed by atoms with Crippen molar-refractivity contribution in [3.8, 4) is 0 Å². The summed E-state index contributed by atoms with van der Waals surface area (Å²) in [5.41, 5.74) is 0. The minimum Gasteiger partial charge on any atom is -0.466 e. The minimum absolute atomic E-state index is 0.0293. The van der Waals surface area contributed by atoms with Crippen LogP contribution in [-0.2, 0) is 23.7 Å². The molecule has 0 saturated heterocycles. The fourth-order valence-electron chi connectivity index (χ4n) is 1.76. The van der Waals surface area contributed by atoms with Crippen LogP contribution in [0.5, 0.6) is 0 Å². The Hall–Kier alpha value is -0.730. The van der Waals surface area contributed by atoms with E-state index in [1.54, 1.807) is 0 Å².